The number of hydrogen-bond donors (Lipinski definition) is 2. The van der Waals surface area contributed by atoms with Gasteiger partial charge < -0.3 is 5.32 Å². The molecule has 2 fully saturated rings. The lowest BCUT2D eigenvalue weighted by atomic mass is 10.0. The first-order chi connectivity index (χ1) is 29.8. The second-order valence-corrected chi connectivity index (χ2v) is 17.6. The number of halogens is 10. The number of hydrogen-bond acceptors (Lipinski definition) is 9. The van der Waals surface area contributed by atoms with E-state index in [1.807, 2.05) is 0 Å². The Balaban J connectivity index is 1.24. The summed E-state index contributed by atoms with van der Waals surface area (Å²) in [6.45, 7) is -2.29. The number of rotatable bonds is 14. The number of anilines is 1. The summed E-state index contributed by atoms with van der Waals surface area (Å²) in [4.78, 5) is 40.7. The van der Waals surface area contributed by atoms with E-state index in [1.165, 1.54) is 6.07 Å². The average molecular weight is 927 g/mol. The van der Waals surface area contributed by atoms with E-state index in [0.717, 1.165) is 41.2 Å². The molecule has 0 bridgehead atoms. The third-order valence-electron chi connectivity index (χ3n) is 10.8. The Hall–Kier alpha value is -6.04. The summed E-state index contributed by atoms with van der Waals surface area (Å²) >= 11 is 6.57. The van der Waals surface area contributed by atoms with Crippen molar-refractivity contribution >= 4 is 44.3 Å². The second-order valence-electron chi connectivity index (χ2n) is 15.2. The van der Waals surface area contributed by atoms with Crippen LogP contribution in [0.5, 0.6) is 0 Å². The van der Waals surface area contributed by atoms with Crippen molar-refractivity contribution < 1.29 is 52.7 Å². The standard InChI is InChI=1S/C38H28ClF9N10O4S/c39-22-3-4-25(32-30(22)36(54-56(32)13-26(43)44)55-63(61,62)19-1-2-19)58-28(60)10-23(35-49-11-18(42)12-50-35)52-37(58)24(7-15-5-16(40)8-17(41)6-15)51-27(59)14-57-33-29(31(53-57)34(45)46)20-9-21(20)38(33,47)48/h3-6,8,10-12,19-21,24,26,34H,1-2,7,9,13-14H2,(H,51,59)(H,54,55)/t20-,21+,24-/m0/s1. The van der Waals surface area contributed by atoms with Crippen molar-refractivity contribution in [3.63, 3.8) is 0 Å². The molecule has 0 aliphatic heterocycles. The number of carbonyl (C=O) groups excluding carboxylic acids is 1. The largest absolute Gasteiger partial charge is 0.344 e. The Bertz CT molecular complexity index is 3000. The van der Waals surface area contributed by atoms with Crippen molar-refractivity contribution in [3.05, 3.63) is 110 Å². The number of nitrogens with zero attached hydrogens (tertiary/aromatic N) is 8. The molecule has 2 N–H and O–H groups in total. The van der Waals surface area contributed by atoms with Gasteiger partial charge in [-0.1, -0.05) is 11.6 Å². The van der Waals surface area contributed by atoms with Gasteiger partial charge in [-0.2, -0.15) is 19.0 Å². The van der Waals surface area contributed by atoms with Crippen molar-refractivity contribution in [2.24, 2.45) is 5.92 Å². The van der Waals surface area contributed by atoms with Crippen LogP contribution in [0.4, 0.5) is 45.3 Å². The summed E-state index contributed by atoms with van der Waals surface area (Å²) in [6.07, 6.45) is -5.04. The van der Waals surface area contributed by atoms with Crippen LogP contribution in [0.15, 0.2) is 53.6 Å². The fraction of sp³-hybridized carbons (Fsp3) is 0.342. The van der Waals surface area contributed by atoms with Gasteiger partial charge >= 0.3 is 0 Å². The number of benzene rings is 2. The maximum absolute atomic E-state index is 15.5. The second kappa shape index (κ2) is 15.3. The highest BCUT2D eigenvalue weighted by atomic mass is 35.5. The third kappa shape index (κ3) is 7.75. The predicted octanol–water partition coefficient (Wildman–Crippen LogP) is 6.72. The minimum atomic E-state index is -4.10. The molecule has 0 saturated heterocycles. The van der Waals surface area contributed by atoms with Crippen LogP contribution in [0.1, 0.15) is 66.0 Å². The van der Waals surface area contributed by atoms with Crippen LogP contribution in [-0.2, 0) is 40.3 Å². The van der Waals surface area contributed by atoms with Crippen molar-refractivity contribution in [1.29, 1.82) is 0 Å². The normalized spacial score (nSPS) is 18.2. The predicted molar refractivity (Wildman–Crippen MR) is 204 cm³/mol. The van der Waals surface area contributed by atoms with Gasteiger partial charge in [0.15, 0.2) is 17.5 Å². The van der Waals surface area contributed by atoms with Gasteiger partial charge in [0.1, 0.15) is 47.6 Å². The average Bonchev–Trinajstić information content (AvgIpc) is 4.12. The van der Waals surface area contributed by atoms with Crippen LogP contribution in [0.25, 0.3) is 28.1 Å². The number of aromatic nitrogens is 8. The molecule has 3 aliphatic rings. The molecule has 330 valence electrons. The van der Waals surface area contributed by atoms with E-state index in [0.29, 0.717) is 28.3 Å². The fourth-order valence-corrected chi connectivity index (χ4v) is 9.61. The highest BCUT2D eigenvalue weighted by Gasteiger charge is 2.67. The number of sulfonamides is 1. The van der Waals surface area contributed by atoms with Crippen LogP contribution in [0.2, 0.25) is 5.02 Å². The Morgan fingerprint density at radius 2 is 1.65 bits per heavy atom. The minimum Gasteiger partial charge on any atom is -0.344 e. The van der Waals surface area contributed by atoms with Gasteiger partial charge in [-0.05, 0) is 55.0 Å². The van der Waals surface area contributed by atoms with E-state index in [1.54, 1.807) is 0 Å². The van der Waals surface area contributed by atoms with Gasteiger partial charge in [0.25, 0.3) is 24.3 Å². The quantitative estimate of drug-likeness (QED) is 0.113. The van der Waals surface area contributed by atoms with Gasteiger partial charge in [0.2, 0.25) is 15.9 Å². The third-order valence-corrected chi connectivity index (χ3v) is 13.0. The molecule has 9 rings (SSSR count). The molecule has 0 unspecified atom stereocenters. The molecule has 2 saturated carbocycles. The molecule has 14 nitrogen and oxygen atoms in total. The van der Waals surface area contributed by atoms with Gasteiger partial charge in [-0.25, -0.2) is 54.1 Å². The monoisotopic (exact) mass is 926 g/mol. The van der Waals surface area contributed by atoms with E-state index in [4.69, 9.17) is 11.6 Å². The van der Waals surface area contributed by atoms with Crippen LogP contribution in [0.3, 0.4) is 0 Å². The van der Waals surface area contributed by atoms with Crippen molar-refractivity contribution in [2.75, 3.05) is 4.72 Å². The minimum absolute atomic E-state index is 0.0662. The lowest BCUT2D eigenvalue weighted by molar-refractivity contribution is -0.123. The smallest absolute Gasteiger partial charge is 0.293 e. The van der Waals surface area contributed by atoms with Crippen molar-refractivity contribution in [1.82, 2.24) is 44.4 Å². The lowest BCUT2D eigenvalue weighted by Crippen LogP contribution is -2.38. The molecule has 4 heterocycles. The van der Waals surface area contributed by atoms with Crippen molar-refractivity contribution in [3.8, 4) is 17.2 Å². The summed E-state index contributed by atoms with van der Waals surface area (Å²) in [5, 5.41) is 8.95. The summed E-state index contributed by atoms with van der Waals surface area (Å²) in [6, 6.07) is 3.66. The Labute approximate surface area is 353 Å². The number of amides is 1. The lowest BCUT2D eigenvalue weighted by Gasteiger charge is -2.24. The van der Waals surface area contributed by atoms with Gasteiger partial charge in [0, 0.05) is 30.0 Å². The molecule has 1 amide bonds. The number of carbonyl (C=O) groups is 1. The topological polar surface area (TPSA) is 172 Å². The summed E-state index contributed by atoms with van der Waals surface area (Å²) < 4.78 is 161. The Morgan fingerprint density at radius 3 is 2.30 bits per heavy atom. The Kier molecular flexibility index (Phi) is 10.3. The van der Waals surface area contributed by atoms with Crippen LogP contribution in [0, 0.1) is 23.4 Å². The molecule has 6 aromatic rings. The van der Waals surface area contributed by atoms with Gasteiger partial charge in [-0.3, -0.25) is 28.2 Å². The van der Waals surface area contributed by atoms with E-state index in [9.17, 15) is 48.7 Å². The van der Waals surface area contributed by atoms with Crippen LogP contribution >= 0.6 is 11.6 Å². The number of alkyl halides is 6. The maximum Gasteiger partial charge on any atom is 0.293 e. The van der Waals surface area contributed by atoms with Gasteiger partial charge in [0.05, 0.1) is 45.3 Å². The van der Waals surface area contributed by atoms with Gasteiger partial charge in [-0.15, -0.1) is 0 Å². The molecule has 4 aromatic heterocycles. The molecular weight excluding hydrogens is 899 g/mol. The van der Waals surface area contributed by atoms with Crippen LogP contribution in [-0.4, -0.2) is 65.1 Å². The molecule has 0 spiro atoms. The van der Waals surface area contributed by atoms with E-state index in [2.05, 4.69) is 35.2 Å². The summed E-state index contributed by atoms with van der Waals surface area (Å²) in [7, 11) is -4.10. The first-order valence-corrected chi connectivity index (χ1v) is 20.9. The summed E-state index contributed by atoms with van der Waals surface area (Å²) in [5.41, 5.74) is -4.54. The number of fused-ring (bicyclic) bond motifs is 4. The van der Waals surface area contributed by atoms with Crippen molar-refractivity contribution in [2.45, 2.75) is 74.8 Å². The maximum atomic E-state index is 15.5. The molecule has 0 radical (unpaired) electrons. The van der Waals surface area contributed by atoms with Crippen LogP contribution < -0.4 is 15.6 Å². The summed E-state index contributed by atoms with van der Waals surface area (Å²) in [5.74, 6) is -11.5. The molecule has 25 heteroatoms. The first-order valence-electron chi connectivity index (χ1n) is 18.9. The number of nitrogens with one attached hydrogen (secondary N) is 2. The molecule has 2 aromatic carbocycles. The molecule has 3 aliphatic carbocycles. The van der Waals surface area contributed by atoms with E-state index < -0.39 is 123 Å². The van der Waals surface area contributed by atoms with E-state index >= 15 is 8.78 Å². The zero-order valence-corrected chi connectivity index (χ0v) is 33.3. The highest BCUT2D eigenvalue weighted by Crippen LogP contribution is 2.68. The fourth-order valence-electron chi connectivity index (χ4n) is 8.03. The van der Waals surface area contributed by atoms with E-state index in [-0.39, 0.29) is 50.7 Å². The molecule has 63 heavy (non-hydrogen) atoms. The Morgan fingerprint density at radius 1 is 0.952 bits per heavy atom. The zero-order chi connectivity index (χ0) is 44.9. The first kappa shape index (κ1) is 42.3. The zero-order valence-electron chi connectivity index (χ0n) is 31.7. The molecule has 3 atom stereocenters. The molecular formula is C38H28ClF9N10O4S. The SMILES string of the molecule is O=C(Cn1nc(C(F)F)c2c1C(F)(F)[C@@H]1C[C@H]21)N[C@@H](Cc1cc(F)cc(F)c1)c1nc(-c2ncc(F)cn2)cc(=O)n1-c1ccc(Cl)c2c(NS(=O)(=O)C3CC3)nn(CC(F)F)c12. The highest BCUT2D eigenvalue weighted by molar-refractivity contribution is 7.93.